The number of fused-ring (bicyclic) bond motifs is 8. The summed E-state index contributed by atoms with van der Waals surface area (Å²) in [6.45, 7) is 0. The Kier molecular flexibility index (Phi) is 6.01. The van der Waals surface area contributed by atoms with Gasteiger partial charge in [0.15, 0.2) is 17.5 Å². The second-order valence-electron chi connectivity index (χ2n) is 12.0. The predicted octanol–water partition coefficient (Wildman–Crippen LogP) is 12.0. The van der Waals surface area contributed by atoms with Crippen molar-refractivity contribution in [3.63, 3.8) is 0 Å². The van der Waals surface area contributed by atoms with Crippen molar-refractivity contribution in [3.05, 3.63) is 152 Å². The van der Waals surface area contributed by atoms with Gasteiger partial charge < -0.3 is 4.42 Å². The minimum Gasteiger partial charge on any atom is -0.455 e. The van der Waals surface area contributed by atoms with E-state index in [9.17, 15) is 0 Å². The van der Waals surface area contributed by atoms with E-state index in [1.807, 2.05) is 72.0 Å². The normalized spacial score (nSPS) is 11.8. The number of nitrogens with zero attached hydrogens (tertiary/aromatic N) is 3. The van der Waals surface area contributed by atoms with Crippen molar-refractivity contribution >= 4 is 64.2 Å². The maximum atomic E-state index is 6.79. The second kappa shape index (κ2) is 10.7. The first-order valence-electron chi connectivity index (χ1n) is 15.9. The summed E-state index contributed by atoms with van der Waals surface area (Å²) < 4.78 is 9.35. The highest BCUT2D eigenvalue weighted by Gasteiger charge is 2.20. The minimum absolute atomic E-state index is 0.596. The Labute approximate surface area is 279 Å². The van der Waals surface area contributed by atoms with Crippen LogP contribution in [0.1, 0.15) is 0 Å². The van der Waals surface area contributed by atoms with Gasteiger partial charge in [0.1, 0.15) is 11.2 Å². The van der Waals surface area contributed by atoms with E-state index in [0.717, 1.165) is 60.5 Å². The minimum atomic E-state index is 0.596. The van der Waals surface area contributed by atoms with Crippen LogP contribution in [0.25, 0.3) is 98.2 Å². The van der Waals surface area contributed by atoms with Crippen LogP contribution in [0, 0.1) is 0 Å². The van der Waals surface area contributed by atoms with Crippen molar-refractivity contribution in [2.75, 3.05) is 0 Å². The number of benzene rings is 7. The lowest BCUT2D eigenvalue weighted by atomic mass is 9.95. The van der Waals surface area contributed by atoms with E-state index < -0.39 is 0 Å². The van der Waals surface area contributed by atoms with Crippen LogP contribution in [-0.2, 0) is 0 Å². The van der Waals surface area contributed by atoms with E-state index in [0.29, 0.717) is 17.5 Å². The van der Waals surface area contributed by atoms with Gasteiger partial charge >= 0.3 is 0 Å². The van der Waals surface area contributed by atoms with Crippen LogP contribution >= 0.6 is 11.3 Å². The lowest BCUT2D eigenvalue weighted by Gasteiger charge is -2.11. The Hall–Kier alpha value is -6.17. The van der Waals surface area contributed by atoms with Gasteiger partial charge in [0.25, 0.3) is 0 Å². The Morgan fingerprint density at radius 2 is 1.04 bits per heavy atom. The van der Waals surface area contributed by atoms with Gasteiger partial charge in [0, 0.05) is 53.0 Å². The summed E-state index contributed by atoms with van der Waals surface area (Å²) >= 11 is 1.83. The molecule has 48 heavy (non-hydrogen) atoms. The first kappa shape index (κ1) is 27.0. The summed E-state index contributed by atoms with van der Waals surface area (Å²) in [7, 11) is 0. The zero-order chi connectivity index (χ0) is 31.6. The topological polar surface area (TPSA) is 51.8 Å². The number of furan rings is 1. The monoisotopic (exact) mass is 631 g/mol. The molecule has 0 aliphatic carbocycles. The number of rotatable bonds is 4. The van der Waals surface area contributed by atoms with Gasteiger partial charge in [-0.2, -0.15) is 0 Å². The first-order chi connectivity index (χ1) is 23.8. The standard InChI is InChI=1S/C43H25N3OS/c1-3-12-27(13-4-1)41-44-42(28-14-5-2-6-15-28)46-43(45-41)30-24-34(29-20-22-38-35(23-29)32-17-9-10-18-37(32)48-38)39-33-21-19-26-11-7-8-16-31(26)40(33)47-36(39)25-30/h1-25H. The lowest BCUT2D eigenvalue weighted by molar-refractivity contribution is 0.673. The maximum Gasteiger partial charge on any atom is 0.164 e. The zero-order valence-corrected chi connectivity index (χ0v) is 26.4. The molecule has 10 aromatic rings. The molecule has 0 unspecified atom stereocenters. The van der Waals surface area contributed by atoms with Crippen LogP contribution in [0.4, 0.5) is 0 Å². The van der Waals surface area contributed by atoms with E-state index in [4.69, 9.17) is 19.4 Å². The summed E-state index contributed by atoms with van der Waals surface area (Å²) in [5, 5.41) is 6.94. The van der Waals surface area contributed by atoms with E-state index in [1.54, 1.807) is 0 Å². The molecule has 0 N–H and O–H groups in total. The van der Waals surface area contributed by atoms with Gasteiger partial charge in [-0.3, -0.25) is 0 Å². The third kappa shape index (κ3) is 4.33. The zero-order valence-electron chi connectivity index (χ0n) is 25.6. The van der Waals surface area contributed by atoms with Gasteiger partial charge in [-0.15, -0.1) is 11.3 Å². The fourth-order valence-electron chi connectivity index (χ4n) is 6.82. The third-order valence-electron chi connectivity index (χ3n) is 9.11. The highest BCUT2D eigenvalue weighted by Crippen LogP contribution is 2.44. The van der Waals surface area contributed by atoms with Gasteiger partial charge in [-0.1, -0.05) is 115 Å². The Morgan fingerprint density at radius 1 is 0.417 bits per heavy atom. The first-order valence-corrected chi connectivity index (χ1v) is 16.8. The van der Waals surface area contributed by atoms with Crippen molar-refractivity contribution < 1.29 is 4.42 Å². The largest absolute Gasteiger partial charge is 0.455 e. The maximum absolute atomic E-state index is 6.79. The number of hydrogen-bond donors (Lipinski definition) is 0. The quantitative estimate of drug-likeness (QED) is 0.194. The molecule has 0 radical (unpaired) electrons. The van der Waals surface area contributed by atoms with Crippen molar-refractivity contribution in [2.45, 2.75) is 0 Å². The van der Waals surface area contributed by atoms with Crippen molar-refractivity contribution in [1.29, 1.82) is 0 Å². The van der Waals surface area contributed by atoms with Crippen LogP contribution in [0.3, 0.4) is 0 Å². The van der Waals surface area contributed by atoms with Gasteiger partial charge in [0.05, 0.1) is 0 Å². The Balaban J connectivity index is 1.28. The summed E-state index contributed by atoms with van der Waals surface area (Å²) in [4.78, 5) is 15.1. The molecule has 0 saturated heterocycles. The van der Waals surface area contributed by atoms with E-state index in [1.165, 1.54) is 20.2 Å². The Bertz CT molecular complexity index is 2780. The summed E-state index contributed by atoms with van der Waals surface area (Å²) in [6, 6.07) is 52.7. The fourth-order valence-corrected chi connectivity index (χ4v) is 7.91. The third-order valence-corrected chi connectivity index (χ3v) is 10.3. The molecule has 10 rings (SSSR count). The average molecular weight is 632 g/mol. The SMILES string of the molecule is c1ccc(-c2nc(-c3ccccc3)nc(-c3cc(-c4ccc5sc6ccccc6c5c4)c4c(c3)oc3c5ccccc5ccc34)n2)cc1. The molecule has 4 nitrogen and oxygen atoms in total. The predicted molar refractivity (Wildman–Crippen MR) is 199 cm³/mol. The average Bonchev–Trinajstić information content (AvgIpc) is 3.73. The van der Waals surface area contributed by atoms with Gasteiger partial charge in [-0.25, -0.2) is 15.0 Å². The van der Waals surface area contributed by atoms with Crippen LogP contribution in [-0.4, -0.2) is 15.0 Å². The van der Waals surface area contributed by atoms with Crippen LogP contribution in [0.5, 0.6) is 0 Å². The van der Waals surface area contributed by atoms with Crippen molar-refractivity contribution in [3.8, 4) is 45.3 Å². The molecule has 0 spiro atoms. The molecule has 0 fully saturated rings. The van der Waals surface area contributed by atoms with Gasteiger partial charge in [-0.05, 0) is 52.9 Å². The molecule has 0 saturated carbocycles. The molecule has 0 bridgehead atoms. The molecule has 0 amide bonds. The summed E-state index contributed by atoms with van der Waals surface area (Å²) in [5.74, 6) is 1.85. The molecule has 7 aromatic carbocycles. The molecule has 3 heterocycles. The smallest absolute Gasteiger partial charge is 0.164 e. The molecule has 3 aromatic heterocycles. The van der Waals surface area contributed by atoms with Crippen LogP contribution in [0.15, 0.2) is 156 Å². The van der Waals surface area contributed by atoms with Crippen LogP contribution in [0.2, 0.25) is 0 Å². The molecular formula is C43H25N3OS. The van der Waals surface area contributed by atoms with Crippen molar-refractivity contribution in [1.82, 2.24) is 15.0 Å². The van der Waals surface area contributed by atoms with Gasteiger partial charge in [0.2, 0.25) is 0 Å². The van der Waals surface area contributed by atoms with Crippen molar-refractivity contribution in [2.24, 2.45) is 0 Å². The highest BCUT2D eigenvalue weighted by molar-refractivity contribution is 7.25. The Morgan fingerprint density at radius 3 is 1.79 bits per heavy atom. The lowest BCUT2D eigenvalue weighted by Crippen LogP contribution is -2.00. The number of aromatic nitrogens is 3. The highest BCUT2D eigenvalue weighted by atomic mass is 32.1. The fraction of sp³-hybridized carbons (Fsp3) is 0. The summed E-state index contributed by atoms with van der Waals surface area (Å²) in [5.41, 5.74) is 6.62. The molecule has 0 aliphatic heterocycles. The molecule has 224 valence electrons. The number of thiophene rings is 1. The molecule has 0 atom stereocenters. The van der Waals surface area contributed by atoms with E-state index in [-0.39, 0.29) is 0 Å². The second-order valence-corrected chi connectivity index (χ2v) is 13.1. The molecule has 5 heteroatoms. The number of hydrogen-bond acceptors (Lipinski definition) is 5. The summed E-state index contributed by atoms with van der Waals surface area (Å²) in [6.07, 6.45) is 0. The van der Waals surface area contributed by atoms with E-state index >= 15 is 0 Å². The molecule has 0 aliphatic rings. The van der Waals surface area contributed by atoms with E-state index in [2.05, 4.69) is 91.0 Å². The molecular weight excluding hydrogens is 607 g/mol. The van der Waals surface area contributed by atoms with Crippen LogP contribution < -0.4 is 0 Å².